The van der Waals surface area contributed by atoms with Crippen molar-refractivity contribution >= 4 is 27.5 Å². The van der Waals surface area contributed by atoms with E-state index in [2.05, 4.69) is 5.32 Å². The van der Waals surface area contributed by atoms with Gasteiger partial charge in [0.05, 0.1) is 11.0 Å². The SMILES string of the molecule is CC(=O)N1c2ccc(S(=O)(=O)N3CCCC3)cc2C[C@@H]1C(=O)NCc1ccc(OC(C)C)cc1. The van der Waals surface area contributed by atoms with E-state index in [4.69, 9.17) is 4.74 Å². The van der Waals surface area contributed by atoms with E-state index < -0.39 is 16.1 Å². The highest BCUT2D eigenvalue weighted by atomic mass is 32.2. The summed E-state index contributed by atoms with van der Waals surface area (Å²) in [6, 6.07) is 11.6. The highest BCUT2D eigenvalue weighted by Crippen LogP contribution is 2.35. The van der Waals surface area contributed by atoms with Crippen molar-refractivity contribution in [2.45, 2.75) is 63.6 Å². The standard InChI is InChI=1S/C25H31N3O5S/c1-17(2)33-21-8-6-19(7-9-21)16-26-25(30)24-15-20-14-22(10-11-23(20)28(24)18(3)29)34(31,32)27-12-4-5-13-27/h6-11,14,17,24H,4-5,12-13,15-16H2,1-3H3,(H,26,30)/t24-/m1/s1. The second-order valence-corrected chi connectivity index (χ2v) is 11.0. The first-order chi connectivity index (χ1) is 16.2. The number of nitrogens with one attached hydrogen (secondary N) is 1. The van der Waals surface area contributed by atoms with Gasteiger partial charge in [0.1, 0.15) is 11.8 Å². The van der Waals surface area contributed by atoms with Crippen molar-refractivity contribution in [1.82, 2.24) is 9.62 Å². The Bertz CT molecular complexity index is 1170. The van der Waals surface area contributed by atoms with Gasteiger partial charge in [-0.05, 0) is 68.1 Å². The van der Waals surface area contributed by atoms with Crippen molar-refractivity contribution in [1.29, 1.82) is 0 Å². The van der Waals surface area contributed by atoms with Gasteiger partial charge in [0, 0.05) is 38.7 Å². The Balaban J connectivity index is 1.48. The molecule has 0 spiro atoms. The van der Waals surface area contributed by atoms with E-state index in [0.717, 1.165) is 24.2 Å². The van der Waals surface area contributed by atoms with Crippen molar-refractivity contribution < 1.29 is 22.7 Å². The third-order valence-electron chi connectivity index (χ3n) is 6.14. The third kappa shape index (κ3) is 4.95. The molecule has 34 heavy (non-hydrogen) atoms. The van der Waals surface area contributed by atoms with Gasteiger partial charge in [-0.1, -0.05) is 12.1 Å². The van der Waals surface area contributed by atoms with Crippen LogP contribution < -0.4 is 15.0 Å². The van der Waals surface area contributed by atoms with Crippen molar-refractivity contribution in [3.63, 3.8) is 0 Å². The molecule has 0 saturated carbocycles. The van der Waals surface area contributed by atoms with Gasteiger partial charge in [0.2, 0.25) is 21.8 Å². The molecule has 0 bridgehead atoms. The van der Waals surface area contributed by atoms with Crippen LogP contribution in [-0.2, 0) is 32.6 Å². The van der Waals surface area contributed by atoms with Gasteiger partial charge in [0.25, 0.3) is 0 Å². The van der Waals surface area contributed by atoms with Crippen LogP contribution in [0, 0.1) is 0 Å². The molecule has 0 radical (unpaired) electrons. The van der Waals surface area contributed by atoms with Gasteiger partial charge < -0.3 is 10.1 Å². The van der Waals surface area contributed by atoms with E-state index >= 15 is 0 Å². The minimum absolute atomic E-state index is 0.0815. The summed E-state index contributed by atoms with van der Waals surface area (Å²) in [5, 5.41) is 2.91. The molecule has 0 unspecified atom stereocenters. The summed E-state index contributed by atoms with van der Waals surface area (Å²) >= 11 is 0. The Morgan fingerprint density at radius 3 is 2.38 bits per heavy atom. The number of amides is 2. The molecular weight excluding hydrogens is 454 g/mol. The molecule has 0 aromatic heterocycles. The monoisotopic (exact) mass is 485 g/mol. The minimum Gasteiger partial charge on any atom is -0.491 e. The maximum Gasteiger partial charge on any atom is 0.243 e. The second kappa shape index (κ2) is 9.76. The van der Waals surface area contributed by atoms with Crippen LogP contribution in [0.2, 0.25) is 0 Å². The van der Waals surface area contributed by atoms with Crippen molar-refractivity contribution in [2.24, 2.45) is 0 Å². The fourth-order valence-corrected chi connectivity index (χ4v) is 6.10. The Morgan fingerprint density at radius 1 is 1.09 bits per heavy atom. The fourth-order valence-electron chi connectivity index (χ4n) is 4.53. The van der Waals surface area contributed by atoms with Gasteiger partial charge in [-0.25, -0.2) is 8.42 Å². The maximum atomic E-state index is 13.0. The van der Waals surface area contributed by atoms with Crippen LogP contribution in [0.15, 0.2) is 47.4 Å². The molecule has 2 aromatic rings. The zero-order valence-electron chi connectivity index (χ0n) is 19.8. The summed E-state index contributed by atoms with van der Waals surface area (Å²) in [4.78, 5) is 27.1. The molecule has 1 N–H and O–H groups in total. The molecule has 2 aliphatic heterocycles. The first-order valence-corrected chi connectivity index (χ1v) is 13.1. The Morgan fingerprint density at radius 2 is 1.76 bits per heavy atom. The fraction of sp³-hybridized carbons (Fsp3) is 0.440. The zero-order valence-corrected chi connectivity index (χ0v) is 20.6. The molecule has 8 nitrogen and oxygen atoms in total. The Labute approximate surface area is 200 Å². The predicted molar refractivity (Wildman–Crippen MR) is 129 cm³/mol. The summed E-state index contributed by atoms with van der Waals surface area (Å²) in [5.41, 5.74) is 2.18. The van der Waals surface area contributed by atoms with Crippen LogP contribution in [0.4, 0.5) is 5.69 Å². The highest BCUT2D eigenvalue weighted by molar-refractivity contribution is 7.89. The number of fused-ring (bicyclic) bond motifs is 1. The summed E-state index contributed by atoms with van der Waals surface area (Å²) < 4.78 is 33.1. The second-order valence-electron chi connectivity index (χ2n) is 9.04. The van der Waals surface area contributed by atoms with Crippen molar-refractivity contribution in [3.05, 3.63) is 53.6 Å². The molecule has 182 valence electrons. The summed E-state index contributed by atoms with van der Waals surface area (Å²) in [6.07, 6.45) is 2.07. The van der Waals surface area contributed by atoms with Crippen LogP contribution in [0.1, 0.15) is 44.7 Å². The lowest BCUT2D eigenvalue weighted by atomic mass is 10.1. The number of hydrogen-bond acceptors (Lipinski definition) is 5. The lowest BCUT2D eigenvalue weighted by Crippen LogP contribution is -2.47. The van der Waals surface area contributed by atoms with E-state index in [1.807, 2.05) is 38.1 Å². The highest BCUT2D eigenvalue weighted by Gasteiger charge is 2.38. The molecule has 2 amide bonds. The quantitative estimate of drug-likeness (QED) is 0.651. The van der Waals surface area contributed by atoms with Crippen LogP contribution in [-0.4, -0.2) is 49.8 Å². The first-order valence-electron chi connectivity index (χ1n) is 11.6. The number of sulfonamides is 1. The zero-order chi connectivity index (χ0) is 24.5. The molecule has 1 fully saturated rings. The van der Waals surface area contributed by atoms with E-state index in [1.54, 1.807) is 12.1 Å². The molecule has 9 heteroatoms. The van der Waals surface area contributed by atoms with Crippen LogP contribution in [0.3, 0.4) is 0 Å². The van der Waals surface area contributed by atoms with Crippen molar-refractivity contribution in [3.8, 4) is 5.75 Å². The van der Waals surface area contributed by atoms with E-state index in [9.17, 15) is 18.0 Å². The number of carbonyl (C=O) groups excluding carboxylic acids is 2. The summed E-state index contributed by atoms with van der Waals surface area (Å²) in [6.45, 7) is 6.69. The Kier molecular flexibility index (Phi) is 6.95. The normalized spacial score (nSPS) is 18.2. The minimum atomic E-state index is -3.57. The van der Waals surface area contributed by atoms with Crippen LogP contribution in [0.25, 0.3) is 0 Å². The average molecular weight is 486 g/mol. The number of nitrogens with zero attached hydrogens (tertiary/aromatic N) is 2. The summed E-state index contributed by atoms with van der Waals surface area (Å²) in [7, 11) is -3.57. The van der Waals surface area contributed by atoms with Gasteiger partial charge in [-0.15, -0.1) is 0 Å². The third-order valence-corrected chi connectivity index (χ3v) is 8.04. The van der Waals surface area contributed by atoms with Crippen LogP contribution >= 0.6 is 0 Å². The molecule has 4 rings (SSSR count). The number of ether oxygens (including phenoxy) is 1. The number of benzene rings is 2. The van der Waals surface area contributed by atoms with E-state index in [1.165, 1.54) is 22.2 Å². The first kappa shape index (κ1) is 24.2. The molecule has 2 aromatic carbocycles. The molecule has 2 heterocycles. The lowest BCUT2D eigenvalue weighted by Gasteiger charge is -2.23. The van der Waals surface area contributed by atoms with Crippen molar-refractivity contribution in [2.75, 3.05) is 18.0 Å². The van der Waals surface area contributed by atoms with Crippen LogP contribution in [0.5, 0.6) is 5.75 Å². The largest absolute Gasteiger partial charge is 0.491 e. The molecule has 2 aliphatic rings. The van der Waals surface area contributed by atoms with Gasteiger partial charge >= 0.3 is 0 Å². The van der Waals surface area contributed by atoms with Gasteiger partial charge in [-0.2, -0.15) is 4.31 Å². The molecular formula is C25H31N3O5S. The van der Waals surface area contributed by atoms with E-state index in [0.29, 0.717) is 30.9 Å². The summed E-state index contributed by atoms with van der Waals surface area (Å²) in [5.74, 6) is 0.223. The molecule has 1 saturated heterocycles. The predicted octanol–water partition coefficient (Wildman–Crippen LogP) is 2.85. The molecule has 0 aliphatic carbocycles. The van der Waals surface area contributed by atoms with Gasteiger partial charge in [0.15, 0.2) is 0 Å². The number of anilines is 1. The smallest absolute Gasteiger partial charge is 0.243 e. The topological polar surface area (TPSA) is 96.0 Å². The lowest BCUT2D eigenvalue weighted by molar-refractivity contribution is -0.125. The number of rotatable bonds is 7. The van der Waals surface area contributed by atoms with Gasteiger partial charge in [-0.3, -0.25) is 14.5 Å². The maximum absolute atomic E-state index is 13.0. The number of hydrogen-bond donors (Lipinski definition) is 1. The van der Waals surface area contributed by atoms with E-state index in [-0.39, 0.29) is 29.2 Å². The number of carbonyl (C=O) groups is 2. The Hall–Kier alpha value is -2.91. The average Bonchev–Trinajstić information content (AvgIpc) is 3.46. The molecule has 1 atom stereocenters.